The first-order chi connectivity index (χ1) is 10.5. The van der Waals surface area contributed by atoms with Crippen LogP contribution < -0.4 is 9.47 Å². The summed E-state index contributed by atoms with van der Waals surface area (Å²) in [5.41, 5.74) is 0.973. The number of rotatable bonds is 5. The van der Waals surface area contributed by atoms with Crippen LogP contribution in [0.25, 0.3) is 0 Å². The number of halogens is 2. The summed E-state index contributed by atoms with van der Waals surface area (Å²) in [5.74, 6) is 0.711. The Morgan fingerprint density at radius 2 is 1.82 bits per heavy atom. The van der Waals surface area contributed by atoms with E-state index in [9.17, 15) is 4.79 Å². The van der Waals surface area contributed by atoms with E-state index >= 15 is 0 Å². The van der Waals surface area contributed by atoms with Crippen molar-refractivity contribution in [3.63, 3.8) is 0 Å². The number of hydrogen-bond acceptors (Lipinski definition) is 3. The molecule has 2 rings (SSSR count). The van der Waals surface area contributed by atoms with Crippen molar-refractivity contribution >= 4 is 29.2 Å². The summed E-state index contributed by atoms with van der Waals surface area (Å²) in [6.45, 7) is 3.85. The van der Waals surface area contributed by atoms with Crippen molar-refractivity contribution in [1.82, 2.24) is 0 Å². The standard InChI is InChI=1S/C17H16Cl2O3/c1-11(2)13-5-3-4-6-15(13)22-17(20)10-21-16-8-7-12(18)9-14(16)19/h3-9,11H,10H2,1-2H3. The summed E-state index contributed by atoms with van der Waals surface area (Å²) >= 11 is 11.8. The number of para-hydroxylation sites is 1. The molecule has 0 aliphatic heterocycles. The Morgan fingerprint density at radius 3 is 2.50 bits per heavy atom. The average molecular weight is 339 g/mol. The summed E-state index contributed by atoms with van der Waals surface area (Å²) in [5, 5.41) is 0.855. The van der Waals surface area contributed by atoms with Crippen LogP contribution in [0.3, 0.4) is 0 Å². The fourth-order valence-corrected chi connectivity index (χ4v) is 2.39. The van der Waals surface area contributed by atoms with Crippen molar-refractivity contribution in [1.29, 1.82) is 0 Å². The maximum absolute atomic E-state index is 11.9. The summed E-state index contributed by atoms with van der Waals surface area (Å²) in [4.78, 5) is 11.9. The summed E-state index contributed by atoms with van der Waals surface area (Å²) in [6, 6.07) is 12.2. The van der Waals surface area contributed by atoms with Gasteiger partial charge in [-0.05, 0) is 35.7 Å². The predicted octanol–water partition coefficient (Wildman–Crippen LogP) is 5.10. The minimum Gasteiger partial charge on any atom is -0.480 e. The largest absolute Gasteiger partial charge is 0.480 e. The van der Waals surface area contributed by atoms with Gasteiger partial charge in [-0.1, -0.05) is 55.2 Å². The number of carbonyl (C=O) groups is 1. The zero-order valence-electron chi connectivity index (χ0n) is 12.3. The molecule has 0 aromatic heterocycles. The third kappa shape index (κ3) is 4.39. The molecule has 0 aliphatic rings. The zero-order chi connectivity index (χ0) is 16.1. The van der Waals surface area contributed by atoms with Crippen LogP contribution in [-0.2, 0) is 4.79 Å². The van der Waals surface area contributed by atoms with Gasteiger partial charge in [-0.15, -0.1) is 0 Å². The molecule has 0 spiro atoms. The Labute approximate surface area is 139 Å². The Balaban J connectivity index is 1.99. The van der Waals surface area contributed by atoms with E-state index in [0.29, 0.717) is 21.5 Å². The first-order valence-corrected chi connectivity index (χ1v) is 7.60. The Kier molecular flexibility index (Phi) is 5.69. The molecular weight excluding hydrogens is 323 g/mol. The molecule has 0 saturated carbocycles. The molecule has 2 aromatic rings. The molecule has 5 heteroatoms. The van der Waals surface area contributed by atoms with Gasteiger partial charge < -0.3 is 9.47 Å². The van der Waals surface area contributed by atoms with Crippen molar-refractivity contribution in [2.45, 2.75) is 19.8 Å². The third-order valence-corrected chi connectivity index (χ3v) is 3.53. The molecule has 0 saturated heterocycles. The number of ether oxygens (including phenoxy) is 2. The fraction of sp³-hybridized carbons (Fsp3) is 0.235. The molecule has 2 aromatic carbocycles. The van der Waals surface area contributed by atoms with E-state index in [4.69, 9.17) is 32.7 Å². The Bertz CT molecular complexity index is 669. The lowest BCUT2D eigenvalue weighted by Crippen LogP contribution is -2.18. The maximum atomic E-state index is 11.9. The lowest BCUT2D eigenvalue weighted by atomic mass is 10.0. The van der Waals surface area contributed by atoms with Gasteiger partial charge in [0, 0.05) is 5.02 Å². The van der Waals surface area contributed by atoms with Crippen LogP contribution in [0.1, 0.15) is 25.3 Å². The molecule has 116 valence electrons. The number of esters is 1. The van der Waals surface area contributed by atoms with Gasteiger partial charge in [-0.2, -0.15) is 0 Å². The van der Waals surface area contributed by atoms with Crippen LogP contribution in [0.5, 0.6) is 11.5 Å². The summed E-state index contributed by atoms with van der Waals surface area (Å²) in [6.07, 6.45) is 0. The van der Waals surface area contributed by atoms with Crippen LogP contribution in [0.4, 0.5) is 0 Å². The van der Waals surface area contributed by atoms with Crippen molar-refractivity contribution in [2.75, 3.05) is 6.61 Å². The predicted molar refractivity (Wildman–Crippen MR) is 88.1 cm³/mol. The number of hydrogen-bond donors (Lipinski definition) is 0. The van der Waals surface area contributed by atoms with Gasteiger partial charge >= 0.3 is 5.97 Å². The Morgan fingerprint density at radius 1 is 1.09 bits per heavy atom. The van der Waals surface area contributed by atoms with Crippen LogP contribution in [0, 0.1) is 0 Å². The molecule has 0 bridgehead atoms. The minimum atomic E-state index is -0.487. The molecule has 0 unspecified atom stereocenters. The van der Waals surface area contributed by atoms with Gasteiger partial charge in [-0.3, -0.25) is 0 Å². The molecule has 0 atom stereocenters. The minimum absolute atomic E-state index is 0.228. The number of benzene rings is 2. The van der Waals surface area contributed by atoms with Crippen molar-refractivity contribution in [3.8, 4) is 11.5 Å². The Hall–Kier alpha value is -1.71. The fourth-order valence-electron chi connectivity index (χ4n) is 1.93. The second-order valence-corrected chi connectivity index (χ2v) is 5.87. The molecule has 0 N–H and O–H groups in total. The van der Waals surface area contributed by atoms with Crippen molar-refractivity contribution in [3.05, 3.63) is 58.1 Å². The highest BCUT2D eigenvalue weighted by molar-refractivity contribution is 6.35. The van der Waals surface area contributed by atoms with Crippen molar-refractivity contribution < 1.29 is 14.3 Å². The first-order valence-electron chi connectivity index (χ1n) is 6.85. The van der Waals surface area contributed by atoms with E-state index in [0.717, 1.165) is 5.56 Å². The second-order valence-electron chi connectivity index (χ2n) is 5.03. The lowest BCUT2D eigenvalue weighted by Gasteiger charge is -2.13. The molecular formula is C17H16Cl2O3. The van der Waals surface area contributed by atoms with E-state index in [-0.39, 0.29) is 12.5 Å². The summed E-state index contributed by atoms with van der Waals surface area (Å²) in [7, 11) is 0. The van der Waals surface area contributed by atoms with E-state index in [1.54, 1.807) is 24.3 Å². The number of carbonyl (C=O) groups excluding carboxylic acids is 1. The molecule has 0 fully saturated rings. The van der Waals surface area contributed by atoms with Gasteiger partial charge in [-0.25, -0.2) is 4.79 Å². The van der Waals surface area contributed by atoms with Crippen LogP contribution >= 0.6 is 23.2 Å². The van der Waals surface area contributed by atoms with Gasteiger partial charge in [0.1, 0.15) is 11.5 Å². The third-order valence-electron chi connectivity index (χ3n) is 3.00. The molecule has 0 heterocycles. The van der Waals surface area contributed by atoms with Gasteiger partial charge in [0.25, 0.3) is 0 Å². The van der Waals surface area contributed by atoms with E-state index in [1.807, 2.05) is 32.0 Å². The molecule has 0 aliphatic carbocycles. The van der Waals surface area contributed by atoms with Crippen LogP contribution in [-0.4, -0.2) is 12.6 Å². The SMILES string of the molecule is CC(C)c1ccccc1OC(=O)COc1ccc(Cl)cc1Cl. The average Bonchev–Trinajstić information content (AvgIpc) is 2.46. The summed E-state index contributed by atoms with van der Waals surface area (Å²) < 4.78 is 10.7. The lowest BCUT2D eigenvalue weighted by molar-refractivity contribution is -0.136. The maximum Gasteiger partial charge on any atom is 0.349 e. The van der Waals surface area contributed by atoms with E-state index in [2.05, 4.69) is 0 Å². The van der Waals surface area contributed by atoms with Gasteiger partial charge in [0.15, 0.2) is 6.61 Å². The van der Waals surface area contributed by atoms with Gasteiger partial charge in [0.05, 0.1) is 5.02 Å². The second kappa shape index (κ2) is 7.52. The highest BCUT2D eigenvalue weighted by Crippen LogP contribution is 2.28. The molecule has 3 nitrogen and oxygen atoms in total. The van der Waals surface area contributed by atoms with Crippen LogP contribution in [0.2, 0.25) is 10.0 Å². The first kappa shape index (κ1) is 16.7. The quantitative estimate of drug-likeness (QED) is 0.561. The molecule has 22 heavy (non-hydrogen) atoms. The topological polar surface area (TPSA) is 35.5 Å². The highest BCUT2D eigenvalue weighted by Gasteiger charge is 2.12. The van der Waals surface area contributed by atoms with Crippen molar-refractivity contribution in [2.24, 2.45) is 0 Å². The van der Waals surface area contributed by atoms with E-state index in [1.165, 1.54) is 0 Å². The van der Waals surface area contributed by atoms with Crippen LogP contribution in [0.15, 0.2) is 42.5 Å². The zero-order valence-corrected chi connectivity index (χ0v) is 13.8. The normalized spacial score (nSPS) is 10.6. The van der Waals surface area contributed by atoms with E-state index < -0.39 is 5.97 Å². The monoisotopic (exact) mass is 338 g/mol. The molecule has 0 amide bonds. The smallest absolute Gasteiger partial charge is 0.349 e. The van der Waals surface area contributed by atoms with Gasteiger partial charge in [0.2, 0.25) is 0 Å². The highest BCUT2D eigenvalue weighted by atomic mass is 35.5. The molecule has 0 radical (unpaired) electrons.